The van der Waals surface area contributed by atoms with Crippen molar-refractivity contribution in [3.05, 3.63) is 30.0 Å². The van der Waals surface area contributed by atoms with E-state index in [0.717, 1.165) is 19.0 Å². The van der Waals surface area contributed by atoms with Gasteiger partial charge in [0.05, 0.1) is 6.20 Å². The van der Waals surface area contributed by atoms with Crippen molar-refractivity contribution in [1.29, 1.82) is 0 Å². The monoisotopic (exact) mass is 284 g/mol. The Balaban J connectivity index is 2.04. The van der Waals surface area contributed by atoms with Crippen LogP contribution >= 0.6 is 11.6 Å². The third-order valence-electron chi connectivity index (χ3n) is 2.96. The zero-order valence-corrected chi connectivity index (χ0v) is 11.0. The number of piperidine rings is 1. The number of hydrogen-bond acceptors (Lipinski definition) is 4. The zero-order valence-electron chi connectivity index (χ0n) is 10.3. The number of rotatable bonds is 3. The van der Waals surface area contributed by atoms with Crippen molar-refractivity contribution in [3.63, 3.8) is 0 Å². The van der Waals surface area contributed by atoms with Gasteiger partial charge < -0.3 is 10.2 Å². The van der Waals surface area contributed by atoms with Crippen LogP contribution in [0.3, 0.4) is 0 Å². The van der Waals surface area contributed by atoms with Gasteiger partial charge in [-0.2, -0.15) is 4.98 Å². The van der Waals surface area contributed by atoms with Crippen molar-refractivity contribution in [1.82, 2.24) is 14.9 Å². The summed E-state index contributed by atoms with van der Waals surface area (Å²) in [6.45, 7) is 4.64. The summed E-state index contributed by atoms with van der Waals surface area (Å²) in [5, 5.41) is 2.95. The van der Waals surface area contributed by atoms with Gasteiger partial charge in [0.15, 0.2) is 11.6 Å². The minimum absolute atomic E-state index is 0.0151. The summed E-state index contributed by atoms with van der Waals surface area (Å²) < 4.78 is 13.5. The van der Waals surface area contributed by atoms with Crippen molar-refractivity contribution in [3.8, 4) is 0 Å². The fourth-order valence-electron chi connectivity index (χ4n) is 2.06. The molecule has 0 aromatic carbocycles. The summed E-state index contributed by atoms with van der Waals surface area (Å²) in [6, 6.07) is -0.0573. The number of hydrogen-bond donors (Lipinski definition) is 1. The molecule has 0 saturated carbocycles. The molecule has 1 aliphatic heterocycles. The lowest BCUT2D eigenvalue weighted by molar-refractivity contribution is -0.127. The van der Waals surface area contributed by atoms with Gasteiger partial charge in [-0.1, -0.05) is 6.58 Å². The Labute approximate surface area is 115 Å². The number of anilines is 1. The van der Waals surface area contributed by atoms with E-state index in [9.17, 15) is 9.18 Å². The predicted molar refractivity (Wildman–Crippen MR) is 70.4 cm³/mol. The smallest absolute Gasteiger partial charge is 0.246 e. The normalized spacial score (nSPS) is 19.1. The molecule has 1 N–H and O–H groups in total. The van der Waals surface area contributed by atoms with E-state index in [1.807, 2.05) is 0 Å². The van der Waals surface area contributed by atoms with Crippen LogP contribution in [0.5, 0.6) is 0 Å². The van der Waals surface area contributed by atoms with E-state index in [2.05, 4.69) is 21.9 Å². The molecule has 1 saturated heterocycles. The van der Waals surface area contributed by atoms with Crippen LogP contribution in [0.25, 0.3) is 0 Å². The first kappa shape index (κ1) is 13.7. The van der Waals surface area contributed by atoms with Crippen LogP contribution in [0.15, 0.2) is 18.9 Å². The third kappa shape index (κ3) is 3.41. The molecule has 1 aromatic heterocycles. The number of nitrogens with one attached hydrogen (secondary N) is 1. The molecule has 1 aliphatic rings. The van der Waals surface area contributed by atoms with Crippen molar-refractivity contribution >= 4 is 23.3 Å². The lowest BCUT2D eigenvalue weighted by Gasteiger charge is -2.32. The Morgan fingerprint density at radius 3 is 3.21 bits per heavy atom. The van der Waals surface area contributed by atoms with E-state index >= 15 is 0 Å². The first-order chi connectivity index (χ1) is 9.10. The topological polar surface area (TPSA) is 58.1 Å². The van der Waals surface area contributed by atoms with Crippen LogP contribution in [0, 0.1) is 5.82 Å². The lowest BCUT2D eigenvalue weighted by Crippen LogP contribution is -2.44. The minimum Gasteiger partial charge on any atom is -0.363 e. The summed E-state index contributed by atoms with van der Waals surface area (Å²) in [5.41, 5.74) is 0. The molecule has 102 valence electrons. The molecule has 1 fully saturated rings. The molecule has 2 heterocycles. The van der Waals surface area contributed by atoms with Gasteiger partial charge in [0.25, 0.3) is 0 Å². The zero-order chi connectivity index (χ0) is 13.8. The molecular weight excluding hydrogens is 271 g/mol. The Morgan fingerprint density at radius 1 is 1.68 bits per heavy atom. The number of halogens is 2. The second-order valence-electron chi connectivity index (χ2n) is 4.31. The summed E-state index contributed by atoms with van der Waals surface area (Å²) in [4.78, 5) is 20.6. The summed E-state index contributed by atoms with van der Waals surface area (Å²) in [7, 11) is 0. The predicted octanol–water partition coefficient (Wildman–Crippen LogP) is 1.86. The fraction of sp³-hybridized carbons (Fsp3) is 0.417. The first-order valence-electron chi connectivity index (χ1n) is 5.96. The maximum absolute atomic E-state index is 13.5. The van der Waals surface area contributed by atoms with Gasteiger partial charge >= 0.3 is 0 Å². The number of likely N-dealkylation sites (tertiary alicyclic amines) is 1. The van der Waals surface area contributed by atoms with Crippen molar-refractivity contribution in [2.45, 2.75) is 18.9 Å². The highest BCUT2D eigenvalue weighted by Gasteiger charge is 2.23. The molecule has 0 aliphatic carbocycles. The van der Waals surface area contributed by atoms with Gasteiger partial charge in [-0.15, -0.1) is 0 Å². The number of carbonyl (C=O) groups excluding carboxylic acids is 1. The number of aromatic nitrogens is 2. The molecule has 1 unspecified atom stereocenters. The molecule has 1 atom stereocenters. The van der Waals surface area contributed by atoms with E-state index in [4.69, 9.17) is 11.6 Å². The molecule has 2 rings (SSSR count). The van der Waals surface area contributed by atoms with Crippen molar-refractivity contribution < 1.29 is 9.18 Å². The van der Waals surface area contributed by atoms with Gasteiger partial charge in [0, 0.05) is 19.1 Å². The largest absolute Gasteiger partial charge is 0.363 e. The highest BCUT2D eigenvalue weighted by Crippen LogP contribution is 2.18. The number of nitrogens with zero attached hydrogens (tertiary/aromatic N) is 3. The molecule has 1 aromatic rings. The summed E-state index contributed by atoms with van der Waals surface area (Å²) in [5.74, 6) is -0.609. The van der Waals surface area contributed by atoms with E-state index < -0.39 is 5.82 Å². The van der Waals surface area contributed by atoms with Crippen LogP contribution in [-0.2, 0) is 4.79 Å². The highest BCUT2D eigenvalue weighted by atomic mass is 35.5. The quantitative estimate of drug-likeness (QED) is 0.680. The van der Waals surface area contributed by atoms with Crippen LogP contribution < -0.4 is 5.32 Å². The third-order valence-corrected chi connectivity index (χ3v) is 3.15. The molecule has 19 heavy (non-hydrogen) atoms. The molecule has 0 radical (unpaired) electrons. The molecular formula is C12H14ClFN4O. The Kier molecular flexibility index (Phi) is 4.31. The molecule has 5 nitrogen and oxygen atoms in total. The second kappa shape index (κ2) is 5.97. The van der Waals surface area contributed by atoms with Crippen LogP contribution in [0.2, 0.25) is 5.28 Å². The van der Waals surface area contributed by atoms with Gasteiger partial charge in [0.2, 0.25) is 11.2 Å². The second-order valence-corrected chi connectivity index (χ2v) is 4.65. The molecule has 1 amide bonds. The molecule has 0 bridgehead atoms. The van der Waals surface area contributed by atoms with Crippen LogP contribution in [0.4, 0.5) is 10.2 Å². The maximum Gasteiger partial charge on any atom is 0.246 e. The van der Waals surface area contributed by atoms with Gasteiger partial charge in [-0.25, -0.2) is 9.37 Å². The average molecular weight is 285 g/mol. The Morgan fingerprint density at radius 2 is 2.47 bits per heavy atom. The molecule has 0 spiro atoms. The highest BCUT2D eigenvalue weighted by molar-refractivity contribution is 6.28. The minimum atomic E-state index is -0.559. The Hall–Kier alpha value is -1.69. The lowest BCUT2D eigenvalue weighted by atomic mass is 10.1. The maximum atomic E-state index is 13.5. The van der Waals surface area contributed by atoms with Crippen LogP contribution in [-0.4, -0.2) is 39.9 Å². The van der Waals surface area contributed by atoms with Crippen LogP contribution in [0.1, 0.15) is 12.8 Å². The van der Waals surface area contributed by atoms with Crippen molar-refractivity contribution in [2.24, 2.45) is 0 Å². The van der Waals surface area contributed by atoms with Gasteiger partial charge in [-0.3, -0.25) is 4.79 Å². The first-order valence-corrected chi connectivity index (χ1v) is 6.34. The molecule has 7 heteroatoms. The SMILES string of the molecule is C=CC(=O)N1CCCC(Nc2nc(Cl)ncc2F)C1. The number of amides is 1. The average Bonchev–Trinajstić information content (AvgIpc) is 2.42. The van der Waals surface area contributed by atoms with Gasteiger partial charge in [0.1, 0.15) is 0 Å². The summed E-state index contributed by atoms with van der Waals surface area (Å²) >= 11 is 5.63. The fourth-order valence-corrected chi connectivity index (χ4v) is 2.20. The van der Waals surface area contributed by atoms with Crippen molar-refractivity contribution in [2.75, 3.05) is 18.4 Å². The Bertz CT molecular complexity index is 497. The van der Waals surface area contributed by atoms with Gasteiger partial charge in [-0.05, 0) is 30.5 Å². The summed E-state index contributed by atoms with van der Waals surface area (Å²) in [6.07, 6.45) is 3.98. The van der Waals surface area contributed by atoms with E-state index in [1.165, 1.54) is 6.08 Å². The number of carbonyl (C=O) groups is 1. The van der Waals surface area contributed by atoms with E-state index in [1.54, 1.807) is 4.90 Å². The van der Waals surface area contributed by atoms with E-state index in [0.29, 0.717) is 13.1 Å². The van der Waals surface area contributed by atoms with E-state index in [-0.39, 0.29) is 23.1 Å². The standard InChI is InChI=1S/C12H14ClFN4O/c1-2-10(19)18-5-3-4-8(7-18)16-11-9(14)6-15-12(13)17-11/h2,6,8H,1,3-5,7H2,(H,15,16,17).